The number of benzene rings is 1. The number of halogens is 1. The van der Waals surface area contributed by atoms with Gasteiger partial charge in [-0.05, 0) is 47.1 Å². The van der Waals surface area contributed by atoms with Gasteiger partial charge in [-0.3, -0.25) is 14.6 Å². The SMILES string of the molecule is Cc1cc(=O)c2cc(NC(=O)c3cncc(Br)c3)ccc2[nH]1. The smallest absolute Gasteiger partial charge is 0.257 e. The molecule has 0 saturated heterocycles. The summed E-state index contributed by atoms with van der Waals surface area (Å²) in [4.78, 5) is 31.3. The van der Waals surface area contributed by atoms with Crippen LogP contribution in [0.25, 0.3) is 10.9 Å². The third kappa shape index (κ3) is 2.92. The topological polar surface area (TPSA) is 74.8 Å². The monoisotopic (exact) mass is 357 g/mol. The highest BCUT2D eigenvalue weighted by Crippen LogP contribution is 2.17. The molecule has 5 nitrogen and oxygen atoms in total. The number of amides is 1. The molecule has 0 aliphatic heterocycles. The Balaban J connectivity index is 1.94. The molecule has 0 saturated carbocycles. The molecule has 1 amide bonds. The largest absolute Gasteiger partial charge is 0.358 e. The summed E-state index contributed by atoms with van der Waals surface area (Å²) in [6.07, 6.45) is 3.09. The second kappa shape index (κ2) is 5.73. The summed E-state index contributed by atoms with van der Waals surface area (Å²) >= 11 is 3.28. The average molecular weight is 358 g/mol. The number of nitrogens with one attached hydrogen (secondary N) is 2. The maximum atomic E-state index is 12.2. The Labute approximate surface area is 134 Å². The number of anilines is 1. The standard InChI is InChI=1S/C16H12BrN3O2/c1-9-4-15(21)13-6-12(2-3-14(13)19-9)20-16(22)10-5-11(17)8-18-7-10/h2-8H,1H3,(H,19,21)(H,20,22). The minimum atomic E-state index is -0.281. The number of hydrogen-bond donors (Lipinski definition) is 2. The molecule has 2 aromatic heterocycles. The first-order valence-electron chi connectivity index (χ1n) is 6.58. The van der Waals surface area contributed by atoms with E-state index in [1.807, 2.05) is 6.92 Å². The molecule has 1 aromatic carbocycles. The summed E-state index contributed by atoms with van der Waals surface area (Å²) in [6, 6.07) is 8.40. The molecule has 0 fully saturated rings. The van der Waals surface area contributed by atoms with Crippen molar-refractivity contribution in [2.75, 3.05) is 5.32 Å². The first kappa shape index (κ1) is 14.5. The maximum absolute atomic E-state index is 12.2. The van der Waals surface area contributed by atoms with Crippen molar-refractivity contribution < 1.29 is 4.79 Å². The predicted octanol–water partition coefficient (Wildman–Crippen LogP) is 3.25. The fraction of sp³-hybridized carbons (Fsp3) is 0.0625. The zero-order valence-electron chi connectivity index (χ0n) is 11.7. The number of nitrogens with zero attached hydrogens (tertiary/aromatic N) is 1. The van der Waals surface area contributed by atoms with Crippen LogP contribution in [0.5, 0.6) is 0 Å². The molecular formula is C16H12BrN3O2. The number of pyridine rings is 2. The van der Waals surface area contributed by atoms with Gasteiger partial charge in [-0.1, -0.05) is 0 Å². The third-order valence-corrected chi connectivity index (χ3v) is 3.62. The van der Waals surface area contributed by atoms with Crippen LogP contribution in [-0.4, -0.2) is 15.9 Å². The molecule has 0 aliphatic rings. The predicted molar refractivity (Wildman–Crippen MR) is 89.2 cm³/mol. The van der Waals surface area contributed by atoms with Gasteiger partial charge in [0.25, 0.3) is 5.91 Å². The van der Waals surface area contributed by atoms with Gasteiger partial charge in [0.15, 0.2) is 5.43 Å². The molecule has 0 radical (unpaired) electrons. The molecule has 3 rings (SSSR count). The molecular weight excluding hydrogens is 346 g/mol. The van der Waals surface area contributed by atoms with Crippen LogP contribution < -0.4 is 10.7 Å². The fourth-order valence-corrected chi connectivity index (χ4v) is 2.56. The van der Waals surface area contributed by atoms with Gasteiger partial charge in [-0.15, -0.1) is 0 Å². The van der Waals surface area contributed by atoms with Crippen LogP contribution in [0.4, 0.5) is 5.69 Å². The van der Waals surface area contributed by atoms with Gasteiger partial charge in [0.2, 0.25) is 0 Å². The lowest BCUT2D eigenvalue weighted by Crippen LogP contribution is -2.13. The molecule has 2 heterocycles. The number of aryl methyl sites for hydroxylation is 1. The molecule has 0 spiro atoms. The van der Waals surface area contributed by atoms with Crippen molar-refractivity contribution in [3.05, 3.63) is 68.7 Å². The van der Waals surface area contributed by atoms with Crippen molar-refractivity contribution in [1.29, 1.82) is 0 Å². The van der Waals surface area contributed by atoms with E-state index < -0.39 is 0 Å². The lowest BCUT2D eigenvalue weighted by molar-refractivity contribution is 0.102. The van der Waals surface area contributed by atoms with Crippen LogP contribution in [-0.2, 0) is 0 Å². The van der Waals surface area contributed by atoms with Crippen molar-refractivity contribution in [1.82, 2.24) is 9.97 Å². The highest BCUT2D eigenvalue weighted by atomic mass is 79.9. The van der Waals surface area contributed by atoms with Gasteiger partial charge in [-0.2, -0.15) is 0 Å². The lowest BCUT2D eigenvalue weighted by Gasteiger charge is -2.07. The average Bonchev–Trinajstić information content (AvgIpc) is 2.48. The molecule has 3 aromatic rings. The Bertz CT molecular complexity index is 934. The number of aromatic nitrogens is 2. The van der Waals surface area contributed by atoms with E-state index >= 15 is 0 Å². The third-order valence-electron chi connectivity index (χ3n) is 3.19. The molecule has 6 heteroatoms. The van der Waals surface area contributed by atoms with Gasteiger partial charge in [-0.25, -0.2) is 0 Å². The highest BCUT2D eigenvalue weighted by Gasteiger charge is 2.08. The van der Waals surface area contributed by atoms with E-state index in [1.165, 1.54) is 12.3 Å². The molecule has 0 aliphatic carbocycles. The molecule has 0 atom stereocenters. The van der Waals surface area contributed by atoms with Crippen LogP contribution in [0.3, 0.4) is 0 Å². The molecule has 0 unspecified atom stereocenters. The Hall–Kier alpha value is -2.47. The number of hydrogen-bond acceptors (Lipinski definition) is 3. The van der Waals surface area contributed by atoms with Crippen molar-refractivity contribution in [2.24, 2.45) is 0 Å². The molecule has 22 heavy (non-hydrogen) atoms. The number of rotatable bonds is 2. The highest BCUT2D eigenvalue weighted by molar-refractivity contribution is 9.10. The van der Waals surface area contributed by atoms with Crippen molar-refractivity contribution >= 4 is 38.4 Å². The number of H-pyrrole nitrogens is 1. The lowest BCUT2D eigenvalue weighted by atomic mass is 10.1. The molecule has 0 bridgehead atoms. The number of fused-ring (bicyclic) bond motifs is 1. The Morgan fingerprint density at radius 1 is 1.23 bits per heavy atom. The van der Waals surface area contributed by atoms with Crippen molar-refractivity contribution in [2.45, 2.75) is 6.92 Å². The minimum Gasteiger partial charge on any atom is -0.358 e. The second-order valence-electron chi connectivity index (χ2n) is 4.92. The zero-order chi connectivity index (χ0) is 15.7. The van der Waals surface area contributed by atoms with Gasteiger partial charge in [0.1, 0.15) is 0 Å². The van der Waals surface area contributed by atoms with E-state index in [1.54, 1.807) is 30.5 Å². The Kier molecular flexibility index (Phi) is 3.77. The summed E-state index contributed by atoms with van der Waals surface area (Å²) in [6.45, 7) is 1.83. The summed E-state index contributed by atoms with van der Waals surface area (Å²) in [5.74, 6) is -0.281. The quantitative estimate of drug-likeness (QED) is 0.739. The minimum absolute atomic E-state index is 0.0773. The first-order valence-corrected chi connectivity index (χ1v) is 7.38. The number of carbonyl (C=O) groups excluding carboxylic acids is 1. The van der Waals surface area contributed by atoms with E-state index in [2.05, 4.69) is 31.2 Å². The summed E-state index contributed by atoms with van der Waals surface area (Å²) < 4.78 is 0.727. The van der Waals surface area contributed by atoms with Crippen LogP contribution in [0.2, 0.25) is 0 Å². The molecule has 110 valence electrons. The number of aromatic amines is 1. The van der Waals surface area contributed by atoms with Crippen LogP contribution in [0.15, 0.2) is 52.0 Å². The Morgan fingerprint density at radius 3 is 2.82 bits per heavy atom. The van der Waals surface area contributed by atoms with Gasteiger partial charge >= 0.3 is 0 Å². The normalized spacial score (nSPS) is 10.6. The van der Waals surface area contributed by atoms with Crippen LogP contribution in [0.1, 0.15) is 16.1 Å². The summed E-state index contributed by atoms with van der Waals surface area (Å²) in [5.41, 5.74) is 2.47. The summed E-state index contributed by atoms with van der Waals surface area (Å²) in [5, 5.41) is 3.30. The first-order chi connectivity index (χ1) is 10.5. The fourth-order valence-electron chi connectivity index (χ4n) is 2.20. The summed E-state index contributed by atoms with van der Waals surface area (Å²) in [7, 11) is 0. The zero-order valence-corrected chi connectivity index (χ0v) is 13.3. The second-order valence-corrected chi connectivity index (χ2v) is 5.84. The van der Waals surface area contributed by atoms with E-state index in [-0.39, 0.29) is 11.3 Å². The van der Waals surface area contributed by atoms with Crippen molar-refractivity contribution in [3.8, 4) is 0 Å². The van der Waals surface area contributed by atoms with E-state index in [0.717, 1.165) is 15.7 Å². The molecule has 2 N–H and O–H groups in total. The van der Waals surface area contributed by atoms with Crippen LogP contribution >= 0.6 is 15.9 Å². The van der Waals surface area contributed by atoms with Crippen molar-refractivity contribution in [3.63, 3.8) is 0 Å². The van der Waals surface area contributed by atoms with E-state index in [9.17, 15) is 9.59 Å². The van der Waals surface area contributed by atoms with Gasteiger partial charge in [0.05, 0.1) is 5.56 Å². The van der Waals surface area contributed by atoms with Gasteiger partial charge < -0.3 is 10.3 Å². The maximum Gasteiger partial charge on any atom is 0.257 e. The van der Waals surface area contributed by atoms with Crippen LogP contribution in [0, 0.1) is 6.92 Å². The van der Waals surface area contributed by atoms with E-state index in [4.69, 9.17) is 0 Å². The van der Waals surface area contributed by atoms with E-state index in [0.29, 0.717) is 16.6 Å². The number of carbonyl (C=O) groups is 1. The Morgan fingerprint density at radius 2 is 2.05 bits per heavy atom. The van der Waals surface area contributed by atoms with Gasteiger partial charge in [0, 0.05) is 45.2 Å².